The molecule has 10 heteroatoms. The molecular weight excluding hydrogens is 410 g/mol. The van der Waals surface area contributed by atoms with Crippen LogP contribution in [0, 0.1) is 5.41 Å². The van der Waals surface area contributed by atoms with E-state index in [-0.39, 0.29) is 23.2 Å². The van der Waals surface area contributed by atoms with Crippen molar-refractivity contribution >= 4 is 34.6 Å². The lowest BCUT2D eigenvalue weighted by atomic mass is 9.78. The van der Waals surface area contributed by atoms with Crippen LogP contribution in [0.25, 0.3) is 11.0 Å². The van der Waals surface area contributed by atoms with Crippen molar-refractivity contribution in [2.45, 2.75) is 45.6 Å². The molecule has 2 aromatic rings. The number of ether oxygens (including phenoxy) is 1. The van der Waals surface area contributed by atoms with E-state index in [0.29, 0.717) is 42.0 Å². The van der Waals surface area contributed by atoms with Crippen LogP contribution in [-0.2, 0) is 9.53 Å². The van der Waals surface area contributed by atoms with Gasteiger partial charge in [0.1, 0.15) is 5.52 Å². The number of nitrogens with one attached hydrogen (secondary N) is 2. The molecule has 0 aliphatic carbocycles. The quantitative estimate of drug-likeness (QED) is 0.562. The van der Waals surface area contributed by atoms with Crippen LogP contribution in [0.3, 0.4) is 0 Å². The van der Waals surface area contributed by atoms with Crippen LogP contribution in [0.5, 0.6) is 0 Å². The number of hydrogen-bond donors (Lipinski definition) is 3. The summed E-state index contributed by atoms with van der Waals surface area (Å²) in [5, 5.41) is 6.32. The lowest BCUT2D eigenvalue weighted by Crippen LogP contribution is -2.67. The number of nitrogen functional groups attached to an aromatic ring is 1. The molecule has 172 valence electrons. The summed E-state index contributed by atoms with van der Waals surface area (Å²) in [5.41, 5.74) is 7.21. The molecule has 4 N–H and O–H groups in total. The first-order chi connectivity index (χ1) is 15.2. The van der Waals surface area contributed by atoms with Crippen molar-refractivity contribution in [3.8, 4) is 0 Å². The number of carbonyl (C=O) groups is 2. The molecule has 2 aliphatic rings. The number of amides is 2. The minimum Gasteiger partial charge on any atom is -0.380 e. The Hall–Kier alpha value is -3.01. The van der Waals surface area contributed by atoms with Crippen LogP contribution in [0.15, 0.2) is 12.3 Å². The fourth-order valence-electron chi connectivity index (χ4n) is 4.27. The van der Waals surface area contributed by atoms with E-state index < -0.39 is 5.54 Å². The third-order valence-electron chi connectivity index (χ3n) is 6.19. The zero-order valence-electron chi connectivity index (χ0n) is 18.9. The Morgan fingerprint density at radius 1 is 1.31 bits per heavy atom. The van der Waals surface area contributed by atoms with Gasteiger partial charge in [0.05, 0.1) is 35.2 Å². The van der Waals surface area contributed by atoms with E-state index in [9.17, 15) is 9.59 Å². The van der Waals surface area contributed by atoms with Gasteiger partial charge in [-0.25, -0.2) is 9.97 Å². The van der Waals surface area contributed by atoms with Gasteiger partial charge in [-0.3, -0.25) is 9.59 Å². The molecule has 2 amide bonds. The highest BCUT2D eigenvalue weighted by Crippen LogP contribution is 2.38. The number of nitrogens with zero attached hydrogens (tertiary/aromatic N) is 4. The molecular formula is C22H31N7O3. The third kappa shape index (κ3) is 4.45. The molecule has 1 atom stereocenters. The van der Waals surface area contributed by atoms with Crippen molar-refractivity contribution in [1.82, 2.24) is 25.2 Å². The summed E-state index contributed by atoms with van der Waals surface area (Å²) in [6.45, 7) is 8.95. The van der Waals surface area contributed by atoms with Gasteiger partial charge in [0.25, 0.3) is 5.91 Å². The highest BCUT2D eigenvalue weighted by atomic mass is 16.5. The fraction of sp³-hybridized carbons (Fsp3) is 0.591. The SMILES string of the molecule is CCCCC(C)(CNC(C)=O)Nc1nc(N)nc2cc(C(=O)N3CC4(COC4)C3)cnc12. The largest absolute Gasteiger partial charge is 0.380 e. The topological polar surface area (TPSA) is 135 Å². The number of rotatable bonds is 8. The molecule has 0 radical (unpaired) electrons. The molecule has 4 rings (SSSR count). The van der Waals surface area contributed by atoms with Gasteiger partial charge >= 0.3 is 0 Å². The summed E-state index contributed by atoms with van der Waals surface area (Å²) < 4.78 is 5.28. The average Bonchev–Trinajstić information content (AvgIpc) is 2.68. The lowest BCUT2D eigenvalue weighted by molar-refractivity contribution is -0.176. The first-order valence-electron chi connectivity index (χ1n) is 11.1. The molecule has 32 heavy (non-hydrogen) atoms. The highest BCUT2D eigenvalue weighted by Gasteiger charge is 2.50. The summed E-state index contributed by atoms with van der Waals surface area (Å²) in [6.07, 6.45) is 4.40. The van der Waals surface area contributed by atoms with E-state index in [1.807, 2.05) is 11.8 Å². The van der Waals surface area contributed by atoms with Gasteiger partial charge in [-0.1, -0.05) is 19.8 Å². The molecule has 0 aromatic carbocycles. The fourth-order valence-corrected chi connectivity index (χ4v) is 4.27. The van der Waals surface area contributed by atoms with Crippen molar-refractivity contribution < 1.29 is 14.3 Å². The summed E-state index contributed by atoms with van der Waals surface area (Å²) in [7, 11) is 0. The van der Waals surface area contributed by atoms with Gasteiger partial charge in [-0.2, -0.15) is 4.98 Å². The van der Waals surface area contributed by atoms with E-state index in [1.54, 1.807) is 12.3 Å². The molecule has 2 saturated heterocycles. The Morgan fingerprint density at radius 2 is 2.06 bits per heavy atom. The number of carbonyl (C=O) groups excluding carboxylic acids is 2. The number of pyridine rings is 1. The van der Waals surface area contributed by atoms with Crippen LogP contribution < -0.4 is 16.4 Å². The predicted octanol–water partition coefficient (Wildman–Crippen LogP) is 1.58. The molecule has 10 nitrogen and oxygen atoms in total. The molecule has 0 saturated carbocycles. The molecule has 2 fully saturated rings. The Balaban J connectivity index is 1.57. The maximum atomic E-state index is 12.9. The van der Waals surface area contributed by atoms with E-state index in [2.05, 4.69) is 32.5 Å². The zero-order valence-corrected chi connectivity index (χ0v) is 18.9. The van der Waals surface area contributed by atoms with Crippen molar-refractivity contribution in [2.24, 2.45) is 5.41 Å². The second kappa shape index (κ2) is 8.50. The summed E-state index contributed by atoms with van der Waals surface area (Å²) in [4.78, 5) is 39.4. The van der Waals surface area contributed by atoms with Crippen molar-refractivity contribution in [1.29, 1.82) is 0 Å². The maximum Gasteiger partial charge on any atom is 0.255 e. The number of hydrogen-bond acceptors (Lipinski definition) is 8. The number of anilines is 2. The van der Waals surface area contributed by atoms with Crippen LogP contribution in [0.1, 0.15) is 50.4 Å². The molecule has 1 unspecified atom stereocenters. The number of unbranched alkanes of at least 4 members (excludes halogenated alkanes) is 1. The van der Waals surface area contributed by atoms with Gasteiger partial charge in [-0.05, 0) is 19.4 Å². The predicted molar refractivity (Wildman–Crippen MR) is 121 cm³/mol. The monoisotopic (exact) mass is 441 g/mol. The second-order valence-electron chi connectivity index (χ2n) is 9.38. The van der Waals surface area contributed by atoms with E-state index in [4.69, 9.17) is 10.5 Å². The summed E-state index contributed by atoms with van der Waals surface area (Å²) in [6, 6.07) is 1.72. The van der Waals surface area contributed by atoms with Gasteiger partial charge in [-0.15, -0.1) is 0 Å². The summed E-state index contributed by atoms with van der Waals surface area (Å²) >= 11 is 0. The Labute approximate surface area is 187 Å². The van der Waals surface area contributed by atoms with Crippen molar-refractivity contribution in [3.05, 3.63) is 17.8 Å². The number of nitrogens with two attached hydrogens (primary N) is 1. The minimum absolute atomic E-state index is 0.0675. The van der Waals surface area contributed by atoms with Gasteiger partial charge in [0.2, 0.25) is 11.9 Å². The molecule has 2 aliphatic heterocycles. The van der Waals surface area contributed by atoms with Crippen molar-refractivity contribution in [2.75, 3.05) is 43.9 Å². The van der Waals surface area contributed by atoms with E-state index in [0.717, 1.165) is 32.5 Å². The Kier molecular flexibility index (Phi) is 5.89. The smallest absolute Gasteiger partial charge is 0.255 e. The Morgan fingerprint density at radius 3 is 2.69 bits per heavy atom. The van der Waals surface area contributed by atoms with Crippen molar-refractivity contribution in [3.63, 3.8) is 0 Å². The normalized spacial score (nSPS) is 18.5. The van der Waals surface area contributed by atoms with E-state index in [1.165, 1.54) is 6.92 Å². The average molecular weight is 442 g/mol. The molecule has 4 heterocycles. The van der Waals surface area contributed by atoms with Crippen LogP contribution in [0.4, 0.5) is 11.8 Å². The van der Waals surface area contributed by atoms with Gasteiger partial charge in [0.15, 0.2) is 5.82 Å². The van der Waals surface area contributed by atoms with Gasteiger partial charge < -0.3 is 26.0 Å². The standard InChI is InChI=1S/C22H31N7O3/c1-4-5-6-21(3,9-25-14(2)30)28-18-17-16(26-20(23)27-18)7-15(8-24-17)19(31)29-10-22(11-29)12-32-13-22/h7-8H,4-6,9-13H2,1-3H3,(H,25,30)(H3,23,26,27,28). The van der Waals surface area contributed by atoms with Crippen LogP contribution in [0.2, 0.25) is 0 Å². The van der Waals surface area contributed by atoms with E-state index >= 15 is 0 Å². The van der Waals surface area contributed by atoms with Crippen LogP contribution >= 0.6 is 0 Å². The number of fused-ring (bicyclic) bond motifs is 1. The third-order valence-corrected chi connectivity index (χ3v) is 6.19. The molecule has 1 spiro atoms. The zero-order chi connectivity index (χ0) is 22.9. The minimum atomic E-state index is -0.442. The number of likely N-dealkylation sites (tertiary alicyclic amines) is 1. The number of aromatic nitrogens is 3. The summed E-state index contributed by atoms with van der Waals surface area (Å²) in [5.74, 6) is 0.425. The lowest BCUT2D eigenvalue weighted by Gasteiger charge is -2.54. The highest BCUT2D eigenvalue weighted by molar-refractivity contribution is 5.98. The second-order valence-corrected chi connectivity index (χ2v) is 9.38. The van der Waals surface area contributed by atoms with Crippen LogP contribution in [-0.4, -0.2) is 70.1 Å². The Bertz CT molecular complexity index is 1030. The molecule has 0 bridgehead atoms. The first-order valence-corrected chi connectivity index (χ1v) is 11.1. The first kappa shape index (κ1) is 22.2. The van der Waals surface area contributed by atoms with Gasteiger partial charge in [0, 0.05) is 32.8 Å². The molecule has 2 aromatic heterocycles. The maximum absolute atomic E-state index is 12.9.